The summed E-state index contributed by atoms with van der Waals surface area (Å²) in [5.74, 6) is 0.901. The van der Waals surface area contributed by atoms with Crippen molar-refractivity contribution in [3.63, 3.8) is 0 Å². The molecule has 0 heterocycles. The first kappa shape index (κ1) is 9.15. The molecule has 0 bridgehead atoms. The van der Waals surface area contributed by atoms with E-state index in [0.29, 0.717) is 0 Å². The summed E-state index contributed by atoms with van der Waals surface area (Å²) in [5.41, 5.74) is 0. The van der Waals surface area contributed by atoms with Crippen molar-refractivity contribution in [1.29, 1.82) is 0 Å². The minimum atomic E-state index is 0.901. The van der Waals surface area contributed by atoms with Gasteiger partial charge in [-0.25, -0.2) is 0 Å². The Morgan fingerprint density at radius 1 is 1.00 bits per heavy atom. The highest BCUT2D eigenvalue weighted by atomic mass is 127. The van der Waals surface area contributed by atoms with Crippen molar-refractivity contribution in [3.05, 3.63) is 42.5 Å². The van der Waals surface area contributed by atoms with Crippen LogP contribution in [-0.4, -0.2) is 0 Å². The van der Waals surface area contributed by atoms with Crippen LogP contribution in [-0.2, 0) is 0 Å². The largest absolute Gasteiger partial charge is 0.415 e. The van der Waals surface area contributed by atoms with Gasteiger partial charge in [-0.05, 0) is 22.9 Å². The van der Waals surface area contributed by atoms with Crippen LogP contribution in [0.1, 0.15) is 0 Å². The van der Waals surface area contributed by atoms with E-state index < -0.39 is 0 Å². The maximum absolute atomic E-state index is 5.32. The Bertz CT molecular complexity index is 416. The van der Waals surface area contributed by atoms with Gasteiger partial charge in [-0.15, -0.1) is 0 Å². The Kier molecular flexibility index (Phi) is 2.95. The quantitative estimate of drug-likeness (QED) is 0.607. The fourth-order valence-electron chi connectivity index (χ4n) is 1.26. The summed E-state index contributed by atoms with van der Waals surface area (Å²) in [7, 11) is 1.33. The Morgan fingerprint density at radius 2 is 1.77 bits per heavy atom. The van der Waals surface area contributed by atoms with E-state index in [0.717, 1.165) is 5.75 Å². The lowest BCUT2D eigenvalue weighted by atomic mass is 10.1. The first-order valence-electron chi connectivity index (χ1n) is 3.84. The molecule has 0 aliphatic carbocycles. The molecule has 66 valence electrons. The van der Waals surface area contributed by atoms with Crippen LogP contribution in [0.4, 0.5) is 0 Å². The van der Waals surface area contributed by atoms with Gasteiger partial charge >= 0.3 is 0 Å². The van der Waals surface area contributed by atoms with Crippen LogP contribution in [0, 0.1) is 0 Å². The maximum Gasteiger partial charge on any atom is 0.139 e. The predicted molar refractivity (Wildman–Crippen MR) is 66.2 cm³/mol. The number of hydrogen-bond donors (Lipinski definition) is 0. The van der Waals surface area contributed by atoms with Crippen LogP contribution < -0.4 is 4.18 Å². The van der Waals surface area contributed by atoms with Crippen molar-refractivity contribution in [1.82, 2.24) is 0 Å². The summed E-state index contributed by atoms with van der Waals surface area (Å²) in [4.78, 5) is 0. The molecule has 0 fully saturated rings. The lowest BCUT2D eigenvalue weighted by Crippen LogP contribution is -1.77. The van der Waals surface area contributed by atoms with Gasteiger partial charge in [-0.3, -0.25) is 0 Å². The summed E-state index contributed by atoms with van der Waals surface area (Å²) in [6.07, 6.45) is 0. The van der Waals surface area contributed by atoms with E-state index in [2.05, 4.69) is 39.4 Å². The highest BCUT2D eigenvalue weighted by Gasteiger charge is 1.95. The predicted octanol–water partition coefficient (Wildman–Crippen LogP) is 4.22. The molecule has 0 aliphatic rings. The van der Waals surface area contributed by atoms with Crippen LogP contribution >= 0.6 is 30.4 Å². The summed E-state index contributed by atoms with van der Waals surface area (Å²) < 4.78 is 5.32. The van der Waals surface area contributed by atoms with Gasteiger partial charge in [0.2, 0.25) is 0 Å². The van der Waals surface area contributed by atoms with Crippen LogP contribution in [0.15, 0.2) is 42.5 Å². The van der Waals surface area contributed by atoms with E-state index in [1.54, 1.807) is 0 Å². The van der Waals surface area contributed by atoms with E-state index in [9.17, 15) is 0 Å². The molecule has 2 rings (SSSR count). The molecule has 0 spiro atoms. The fraction of sp³-hybridized carbons (Fsp3) is 0. The fourth-order valence-corrected chi connectivity index (χ4v) is 2.05. The third-order valence-electron chi connectivity index (χ3n) is 1.85. The monoisotopic (exact) mass is 302 g/mol. The molecule has 0 aliphatic heterocycles. The Balaban J connectivity index is 2.49. The van der Waals surface area contributed by atoms with Gasteiger partial charge in [0.1, 0.15) is 15.0 Å². The van der Waals surface area contributed by atoms with E-state index in [4.69, 9.17) is 4.18 Å². The van der Waals surface area contributed by atoms with Crippen LogP contribution in [0.25, 0.3) is 10.8 Å². The lowest BCUT2D eigenvalue weighted by molar-refractivity contribution is 0.659. The third kappa shape index (κ3) is 2.08. The van der Waals surface area contributed by atoms with E-state index in [1.165, 1.54) is 20.0 Å². The van der Waals surface area contributed by atoms with Gasteiger partial charge in [0.15, 0.2) is 0 Å². The third-order valence-corrected chi connectivity index (χ3v) is 2.64. The van der Waals surface area contributed by atoms with Crippen molar-refractivity contribution < 1.29 is 4.18 Å². The zero-order valence-electron chi connectivity index (χ0n) is 6.74. The van der Waals surface area contributed by atoms with Crippen LogP contribution in [0.5, 0.6) is 5.75 Å². The van der Waals surface area contributed by atoms with Gasteiger partial charge in [-0.1, -0.05) is 30.3 Å². The zero-order chi connectivity index (χ0) is 9.10. The Hall–Kier alpha value is -0.420. The van der Waals surface area contributed by atoms with Crippen LogP contribution in [0.2, 0.25) is 0 Å². The smallest absolute Gasteiger partial charge is 0.139 e. The van der Waals surface area contributed by atoms with E-state index in [-0.39, 0.29) is 0 Å². The number of hydrogen-bond acceptors (Lipinski definition) is 2. The normalized spacial score (nSPS) is 10.2. The van der Waals surface area contributed by atoms with Gasteiger partial charge in [0.05, 0.1) is 0 Å². The average Bonchev–Trinajstić information content (AvgIpc) is 2.18. The molecule has 2 aromatic carbocycles. The molecule has 0 radical (unpaired) electrons. The summed E-state index contributed by atoms with van der Waals surface area (Å²) in [6.45, 7) is 0. The number of fused-ring (bicyclic) bond motifs is 1. The van der Waals surface area contributed by atoms with Crippen molar-refractivity contribution in [2.24, 2.45) is 0 Å². The summed E-state index contributed by atoms with van der Waals surface area (Å²) in [5, 5.41) is 2.46. The number of halogens is 1. The Morgan fingerprint density at radius 3 is 2.54 bits per heavy atom. The van der Waals surface area contributed by atoms with Gasteiger partial charge in [0, 0.05) is 21.2 Å². The summed E-state index contributed by atoms with van der Waals surface area (Å²) >= 11 is 2.11. The van der Waals surface area contributed by atoms with Crippen molar-refractivity contribution in [2.75, 3.05) is 0 Å². The topological polar surface area (TPSA) is 9.23 Å². The molecule has 0 aromatic heterocycles. The van der Waals surface area contributed by atoms with Gasteiger partial charge in [-0.2, -0.15) is 0 Å². The van der Waals surface area contributed by atoms with E-state index >= 15 is 0 Å². The number of rotatable bonds is 2. The first-order chi connectivity index (χ1) is 6.40. The molecule has 0 unspecified atom stereocenters. The molecule has 1 nitrogen and oxygen atoms in total. The highest BCUT2D eigenvalue weighted by molar-refractivity contribution is 14.2. The molecule has 0 saturated carbocycles. The van der Waals surface area contributed by atoms with E-state index in [1.807, 2.05) is 24.3 Å². The second-order valence-corrected chi connectivity index (χ2v) is 4.03. The molecule has 0 saturated heterocycles. The van der Waals surface area contributed by atoms with Crippen molar-refractivity contribution >= 4 is 41.2 Å². The molecule has 0 amide bonds. The number of benzene rings is 2. The minimum Gasteiger partial charge on any atom is -0.415 e. The maximum atomic E-state index is 5.32. The first-order valence-corrected chi connectivity index (χ1v) is 7.12. The molecule has 2 aromatic rings. The summed E-state index contributed by atoms with van der Waals surface area (Å²) in [6, 6.07) is 14.3. The average molecular weight is 302 g/mol. The van der Waals surface area contributed by atoms with Crippen molar-refractivity contribution in [2.45, 2.75) is 0 Å². The molecular weight excluding hydrogens is 295 g/mol. The van der Waals surface area contributed by atoms with Gasteiger partial charge < -0.3 is 4.18 Å². The molecule has 0 N–H and O–H groups in total. The molecular formula is C10H7IOS. The Labute approximate surface area is 93.3 Å². The molecule has 13 heavy (non-hydrogen) atoms. The highest BCUT2D eigenvalue weighted by Crippen LogP contribution is 2.25. The second-order valence-electron chi connectivity index (χ2n) is 2.66. The minimum absolute atomic E-state index is 0.901. The zero-order valence-corrected chi connectivity index (χ0v) is 9.71. The lowest BCUT2D eigenvalue weighted by Gasteiger charge is -2.01. The SMILES string of the molecule is ISOc1ccc2ccccc2c1. The van der Waals surface area contributed by atoms with Crippen LogP contribution in [0.3, 0.4) is 0 Å². The second kappa shape index (κ2) is 4.19. The standard InChI is InChI=1S/C10H7IOS/c11-13-12-10-6-5-8-3-1-2-4-9(8)7-10/h1-7H. The molecule has 0 atom stereocenters. The van der Waals surface area contributed by atoms with Gasteiger partial charge in [0.25, 0.3) is 0 Å². The van der Waals surface area contributed by atoms with Crippen molar-refractivity contribution in [3.8, 4) is 5.75 Å². The molecule has 3 heteroatoms.